The third kappa shape index (κ3) is 4.53. The second kappa shape index (κ2) is 7.70. The predicted octanol–water partition coefficient (Wildman–Crippen LogP) is 3.18. The van der Waals surface area contributed by atoms with E-state index in [0.29, 0.717) is 12.1 Å². The van der Waals surface area contributed by atoms with E-state index >= 15 is 0 Å². The average Bonchev–Trinajstić information content (AvgIpc) is 2.44. The summed E-state index contributed by atoms with van der Waals surface area (Å²) in [7, 11) is 0. The van der Waals surface area contributed by atoms with Gasteiger partial charge in [0.15, 0.2) is 0 Å². The van der Waals surface area contributed by atoms with Crippen molar-refractivity contribution in [1.29, 1.82) is 0 Å². The van der Waals surface area contributed by atoms with Gasteiger partial charge in [-0.3, -0.25) is 4.90 Å². The molecule has 0 amide bonds. The minimum atomic E-state index is -0.507. The van der Waals surface area contributed by atoms with Crippen LogP contribution in [0, 0.1) is 17.6 Å². The topological polar surface area (TPSA) is 15.3 Å². The lowest BCUT2D eigenvalue weighted by Crippen LogP contribution is -2.37. The van der Waals surface area contributed by atoms with Gasteiger partial charge in [-0.15, -0.1) is 0 Å². The summed E-state index contributed by atoms with van der Waals surface area (Å²) in [5, 5.41) is 3.46. The fraction of sp³-hybridized carbons (Fsp3) is 0.625. The van der Waals surface area contributed by atoms with E-state index in [4.69, 9.17) is 0 Å². The first-order valence-electron chi connectivity index (χ1n) is 7.56. The summed E-state index contributed by atoms with van der Waals surface area (Å²) in [6, 6.07) is 3.86. The highest BCUT2D eigenvalue weighted by Crippen LogP contribution is 2.19. The van der Waals surface area contributed by atoms with Crippen molar-refractivity contribution in [3.63, 3.8) is 0 Å². The van der Waals surface area contributed by atoms with Crippen LogP contribution < -0.4 is 5.32 Å². The van der Waals surface area contributed by atoms with Crippen molar-refractivity contribution in [2.45, 2.75) is 32.7 Å². The molecule has 0 bridgehead atoms. The molecule has 0 aromatic heterocycles. The van der Waals surface area contributed by atoms with Crippen LogP contribution in [0.5, 0.6) is 0 Å². The monoisotopic (exact) mass is 282 g/mol. The van der Waals surface area contributed by atoms with Crippen LogP contribution in [0.3, 0.4) is 0 Å². The molecular formula is C16H24F2N2. The van der Waals surface area contributed by atoms with Gasteiger partial charge in [-0.1, -0.05) is 13.0 Å². The molecule has 1 aromatic carbocycles. The summed E-state index contributed by atoms with van der Waals surface area (Å²) < 4.78 is 26.5. The molecule has 0 radical (unpaired) electrons. The first-order chi connectivity index (χ1) is 9.69. The van der Waals surface area contributed by atoms with Crippen LogP contribution >= 0.6 is 0 Å². The summed E-state index contributed by atoms with van der Waals surface area (Å²) >= 11 is 0. The Morgan fingerprint density at radius 1 is 1.25 bits per heavy atom. The first-order valence-corrected chi connectivity index (χ1v) is 7.56. The molecule has 0 saturated carbocycles. The predicted molar refractivity (Wildman–Crippen MR) is 77.5 cm³/mol. The lowest BCUT2D eigenvalue weighted by molar-refractivity contribution is 0.174. The highest BCUT2D eigenvalue weighted by Gasteiger charge is 2.19. The van der Waals surface area contributed by atoms with Crippen LogP contribution in [0.4, 0.5) is 8.78 Å². The molecule has 1 aliphatic heterocycles. The Morgan fingerprint density at radius 3 is 2.65 bits per heavy atom. The zero-order valence-electron chi connectivity index (χ0n) is 12.2. The van der Waals surface area contributed by atoms with Crippen molar-refractivity contribution < 1.29 is 8.78 Å². The largest absolute Gasteiger partial charge is 0.316 e. The van der Waals surface area contributed by atoms with Crippen LogP contribution in [0.25, 0.3) is 0 Å². The maximum Gasteiger partial charge on any atom is 0.130 e. The smallest absolute Gasteiger partial charge is 0.130 e. The molecule has 1 N–H and O–H groups in total. The highest BCUT2D eigenvalue weighted by molar-refractivity contribution is 5.18. The summed E-state index contributed by atoms with van der Waals surface area (Å²) in [5.41, 5.74) is 0.592. The van der Waals surface area contributed by atoms with Crippen LogP contribution in [-0.4, -0.2) is 31.1 Å². The SMILES string of the molecule is CCCNCC1CCN(Cc2ccc(F)cc2F)CC1. The van der Waals surface area contributed by atoms with Crippen molar-refractivity contribution in [2.75, 3.05) is 26.2 Å². The number of halogens is 2. The molecule has 1 aromatic rings. The number of likely N-dealkylation sites (tertiary alicyclic amines) is 1. The van der Waals surface area contributed by atoms with Gasteiger partial charge in [-0.05, 0) is 57.4 Å². The Morgan fingerprint density at radius 2 is 2.00 bits per heavy atom. The number of piperidine rings is 1. The highest BCUT2D eigenvalue weighted by atomic mass is 19.1. The molecule has 0 atom stereocenters. The van der Waals surface area contributed by atoms with Gasteiger partial charge in [0, 0.05) is 18.2 Å². The number of nitrogens with zero attached hydrogens (tertiary/aromatic N) is 1. The van der Waals surface area contributed by atoms with E-state index < -0.39 is 11.6 Å². The Hall–Kier alpha value is -1.00. The lowest BCUT2D eigenvalue weighted by atomic mass is 9.96. The van der Waals surface area contributed by atoms with Gasteiger partial charge in [0.05, 0.1) is 0 Å². The van der Waals surface area contributed by atoms with E-state index in [9.17, 15) is 8.78 Å². The number of hydrogen-bond donors (Lipinski definition) is 1. The molecule has 1 fully saturated rings. The zero-order valence-corrected chi connectivity index (χ0v) is 12.2. The average molecular weight is 282 g/mol. The molecule has 0 spiro atoms. The quantitative estimate of drug-likeness (QED) is 0.806. The van der Waals surface area contributed by atoms with Gasteiger partial charge < -0.3 is 5.32 Å². The maximum atomic E-state index is 13.6. The van der Waals surface area contributed by atoms with E-state index in [1.54, 1.807) is 6.07 Å². The minimum absolute atomic E-state index is 0.434. The molecule has 112 valence electrons. The van der Waals surface area contributed by atoms with Crippen molar-refractivity contribution in [3.05, 3.63) is 35.4 Å². The van der Waals surface area contributed by atoms with E-state index in [1.165, 1.54) is 12.5 Å². The van der Waals surface area contributed by atoms with Gasteiger partial charge in [0.25, 0.3) is 0 Å². The maximum absolute atomic E-state index is 13.6. The molecule has 20 heavy (non-hydrogen) atoms. The van der Waals surface area contributed by atoms with Gasteiger partial charge in [0.2, 0.25) is 0 Å². The first kappa shape index (κ1) is 15.4. The van der Waals surface area contributed by atoms with Crippen LogP contribution in [0.2, 0.25) is 0 Å². The van der Waals surface area contributed by atoms with E-state index in [1.807, 2.05) is 0 Å². The molecule has 2 nitrogen and oxygen atoms in total. The Balaban J connectivity index is 1.76. The van der Waals surface area contributed by atoms with Gasteiger partial charge in [-0.25, -0.2) is 8.78 Å². The second-order valence-corrected chi connectivity index (χ2v) is 5.66. The van der Waals surface area contributed by atoms with Crippen molar-refractivity contribution in [3.8, 4) is 0 Å². The summed E-state index contributed by atoms with van der Waals surface area (Å²) in [6.45, 7) is 6.92. The molecule has 1 heterocycles. The number of hydrogen-bond acceptors (Lipinski definition) is 2. The van der Waals surface area contributed by atoms with Crippen LogP contribution in [-0.2, 0) is 6.54 Å². The molecule has 4 heteroatoms. The van der Waals surface area contributed by atoms with Crippen LogP contribution in [0.15, 0.2) is 18.2 Å². The molecular weight excluding hydrogens is 258 g/mol. The van der Waals surface area contributed by atoms with E-state index in [-0.39, 0.29) is 0 Å². The standard InChI is InChI=1S/C16H24F2N2/c1-2-7-19-11-13-5-8-20(9-6-13)12-14-3-4-15(17)10-16(14)18/h3-4,10,13,19H,2,5-9,11-12H2,1H3. The Bertz CT molecular complexity index is 415. The summed E-state index contributed by atoms with van der Waals surface area (Å²) in [5.74, 6) is -0.209. The summed E-state index contributed by atoms with van der Waals surface area (Å²) in [4.78, 5) is 2.26. The van der Waals surface area contributed by atoms with Gasteiger partial charge >= 0.3 is 0 Å². The fourth-order valence-corrected chi connectivity index (χ4v) is 2.72. The van der Waals surface area contributed by atoms with Gasteiger partial charge in [0.1, 0.15) is 11.6 Å². The fourth-order valence-electron chi connectivity index (χ4n) is 2.72. The van der Waals surface area contributed by atoms with E-state index in [0.717, 1.165) is 51.0 Å². The van der Waals surface area contributed by atoms with Crippen molar-refractivity contribution in [2.24, 2.45) is 5.92 Å². The minimum Gasteiger partial charge on any atom is -0.316 e. The molecule has 0 aliphatic carbocycles. The second-order valence-electron chi connectivity index (χ2n) is 5.66. The normalized spacial score (nSPS) is 17.6. The Kier molecular flexibility index (Phi) is 5.92. The summed E-state index contributed by atoms with van der Waals surface area (Å²) in [6.07, 6.45) is 3.47. The van der Waals surface area contributed by atoms with Crippen molar-refractivity contribution in [1.82, 2.24) is 10.2 Å². The number of rotatable bonds is 6. The lowest BCUT2D eigenvalue weighted by Gasteiger charge is -2.32. The third-order valence-electron chi connectivity index (χ3n) is 3.98. The molecule has 1 aliphatic rings. The van der Waals surface area contributed by atoms with Crippen molar-refractivity contribution >= 4 is 0 Å². The molecule has 1 saturated heterocycles. The number of benzene rings is 1. The Labute approximate surface area is 120 Å². The zero-order chi connectivity index (χ0) is 14.4. The molecule has 2 rings (SSSR count). The number of nitrogens with one attached hydrogen (secondary N) is 1. The van der Waals surface area contributed by atoms with Crippen LogP contribution in [0.1, 0.15) is 31.7 Å². The third-order valence-corrected chi connectivity index (χ3v) is 3.98. The van der Waals surface area contributed by atoms with Gasteiger partial charge in [-0.2, -0.15) is 0 Å². The molecule has 0 unspecified atom stereocenters. The van der Waals surface area contributed by atoms with E-state index in [2.05, 4.69) is 17.1 Å².